The molecule has 4 rings (SSSR count). The van der Waals surface area contributed by atoms with Crippen LogP contribution in [0.1, 0.15) is 29.8 Å². The average Bonchev–Trinajstić information content (AvgIpc) is 2.69. The number of halogens is 1. The first-order valence-electron chi connectivity index (χ1n) is 8.52. The Balaban J connectivity index is 1.55. The molecule has 142 valence electrons. The van der Waals surface area contributed by atoms with E-state index >= 15 is 0 Å². The van der Waals surface area contributed by atoms with Crippen LogP contribution in [-0.4, -0.2) is 15.0 Å². The summed E-state index contributed by atoms with van der Waals surface area (Å²) in [6, 6.07) is 15.2. The van der Waals surface area contributed by atoms with Crippen LogP contribution in [0.15, 0.2) is 60.8 Å². The van der Waals surface area contributed by atoms with E-state index in [2.05, 4.69) is 4.98 Å². The normalized spacial score (nSPS) is 18.1. The number of rotatable bonds is 4. The van der Waals surface area contributed by atoms with Gasteiger partial charge in [-0.2, -0.15) is 0 Å². The molecule has 2 heterocycles. The summed E-state index contributed by atoms with van der Waals surface area (Å²) in [5.74, 6) is 1.21. The molecule has 2 aromatic carbocycles. The highest BCUT2D eigenvalue weighted by molar-refractivity contribution is 6.31. The molecule has 0 saturated heterocycles. The predicted octanol–water partition coefficient (Wildman–Crippen LogP) is 4.99. The molecule has 3 aromatic rings. The molecule has 0 aliphatic carbocycles. The van der Waals surface area contributed by atoms with Gasteiger partial charge in [0.25, 0.3) is 5.69 Å². The molecule has 28 heavy (non-hydrogen) atoms. The Morgan fingerprint density at radius 1 is 1.18 bits per heavy atom. The number of ether oxygens (including phenoxy) is 2. The van der Waals surface area contributed by atoms with Crippen LogP contribution in [0.25, 0.3) is 0 Å². The minimum absolute atomic E-state index is 0.118. The maximum atomic E-state index is 10.7. The van der Waals surface area contributed by atoms with Crippen molar-refractivity contribution in [3.8, 4) is 17.4 Å². The van der Waals surface area contributed by atoms with Crippen LogP contribution in [0.4, 0.5) is 5.69 Å². The molecule has 0 spiro atoms. The summed E-state index contributed by atoms with van der Waals surface area (Å²) < 4.78 is 11.7. The van der Waals surface area contributed by atoms with Gasteiger partial charge in [-0.15, -0.1) is 0 Å². The summed E-state index contributed by atoms with van der Waals surface area (Å²) >= 11 is 6.25. The zero-order chi connectivity index (χ0) is 19.7. The van der Waals surface area contributed by atoms with Crippen molar-refractivity contribution < 1.29 is 19.5 Å². The molecular formula is C20H15ClN2O5. The highest BCUT2D eigenvalue weighted by Gasteiger charge is 2.29. The van der Waals surface area contributed by atoms with Crippen molar-refractivity contribution in [2.75, 3.05) is 0 Å². The van der Waals surface area contributed by atoms with E-state index in [1.807, 2.05) is 18.2 Å². The summed E-state index contributed by atoms with van der Waals surface area (Å²) in [5.41, 5.74) is 1.30. The van der Waals surface area contributed by atoms with E-state index in [0.717, 1.165) is 11.8 Å². The predicted molar refractivity (Wildman–Crippen MR) is 102 cm³/mol. The van der Waals surface area contributed by atoms with E-state index in [9.17, 15) is 15.2 Å². The van der Waals surface area contributed by atoms with Gasteiger partial charge in [0.2, 0.25) is 5.88 Å². The molecule has 1 aliphatic rings. The molecule has 0 radical (unpaired) electrons. The third kappa shape index (κ3) is 3.62. The van der Waals surface area contributed by atoms with Crippen LogP contribution in [0.3, 0.4) is 0 Å². The summed E-state index contributed by atoms with van der Waals surface area (Å²) in [5, 5.41) is 21.9. The average molecular weight is 399 g/mol. The molecule has 1 N–H and O–H groups in total. The fraction of sp³-hybridized carbons (Fsp3) is 0.150. The SMILES string of the molecule is O=[N+]([O-])c1ccc(Oc2ccc3c(c2)C(O)CC(c2ccccc2Cl)O3)nc1. The largest absolute Gasteiger partial charge is 0.485 e. The third-order valence-corrected chi connectivity index (χ3v) is 4.80. The lowest BCUT2D eigenvalue weighted by Gasteiger charge is -2.30. The summed E-state index contributed by atoms with van der Waals surface area (Å²) in [6.45, 7) is 0. The lowest BCUT2D eigenvalue weighted by Crippen LogP contribution is -2.19. The van der Waals surface area contributed by atoms with Crippen molar-refractivity contribution in [2.45, 2.75) is 18.6 Å². The van der Waals surface area contributed by atoms with Crippen molar-refractivity contribution in [3.05, 3.63) is 87.1 Å². The van der Waals surface area contributed by atoms with E-state index in [-0.39, 0.29) is 17.7 Å². The number of hydrogen-bond donors (Lipinski definition) is 1. The first kappa shape index (κ1) is 18.2. The zero-order valence-corrected chi connectivity index (χ0v) is 15.2. The summed E-state index contributed by atoms with van der Waals surface area (Å²) in [7, 11) is 0. The molecule has 7 nitrogen and oxygen atoms in total. The van der Waals surface area contributed by atoms with Gasteiger partial charge in [-0.3, -0.25) is 10.1 Å². The van der Waals surface area contributed by atoms with Crippen molar-refractivity contribution in [3.63, 3.8) is 0 Å². The van der Waals surface area contributed by atoms with E-state index < -0.39 is 11.0 Å². The summed E-state index contributed by atoms with van der Waals surface area (Å²) in [6.07, 6.45) is 0.383. The Hall–Kier alpha value is -3.16. The van der Waals surface area contributed by atoms with E-state index in [1.165, 1.54) is 12.1 Å². The second-order valence-electron chi connectivity index (χ2n) is 6.29. The van der Waals surface area contributed by atoms with Gasteiger partial charge in [-0.1, -0.05) is 29.8 Å². The van der Waals surface area contributed by atoms with Crippen LogP contribution in [0.2, 0.25) is 5.02 Å². The number of pyridine rings is 1. The molecule has 1 aliphatic heterocycles. The number of aliphatic hydroxyl groups is 1. The Morgan fingerprint density at radius 2 is 2.00 bits per heavy atom. The summed E-state index contributed by atoms with van der Waals surface area (Å²) in [4.78, 5) is 14.1. The van der Waals surface area contributed by atoms with Crippen molar-refractivity contribution in [1.82, 2.24) is 4.98 Å². The highest BCUT2D eigenvalue weighted by atomic mass is 35.5. The quantitative estimate of drug-likeness (QED) is 0.491. The van der Waals surface area contributed by atoms with E-state index in [1.54, 1.807) is 24.3 Å². The first-order chi connectivity index (χ1) is 13.5. The molecular weight excluding hydrogens is 384 g/mol. The lowest BCUT2D eigenvalue weighted by atomic mass is 9.95. The first-order valence-corrected chi connectivity index (χ1v) is 8.90. The van der Waals surface area contributed by atoms with Gasteiger partial charge < -0.3 is 14.6 Å². The third-order valence-electron chi connectivity index (χ3n) is 4.45. The number of aromatic nitrogens is 1. The molecule has 8 heteroatoms. The van der Waals surface area contributed by atoms with Crippen LogP contribution < -0.4 is 9.47 Å². The van der Waals surface area contributed by atoms with E-state index in [0.29, 0.717) is 28.5 Å². The number of benzene rings is 2. The van der Waals surface area contributed by atoms with Crippen LogP contribution in [0, 0.1) is 10.1 Å². The molecule has 0 saturated carbocycles. The van der Waals surface area contributed by atoms with Gasteiger partial charge in [0.15, 0.2) is 0 Å². The molecule has 0 bridgehead atoms. The molecule has 2 atom stereocenters. The van der Waals surface area contributed by atoms with Crippen LogP contribution >= 0.6 is 11.6 Å². The van der Waals surface area contributed by atoms with Gasteiger partial charge in [0, 0.05) is 34.7 Å². The fourth-order valence-electron chi connectivity index (χ4n) is 3.08. The monoisotopic (exact) mass is 398 g/mol. The Bertz CT molecular complexity index is 1030. The van der Waals surface area contributed by atoms with Crippen molar-refractivity contribution in [1.29, 1.82) is 0 Å². The Labute approximate surface area is 165 Å². The minimum atomic E-state index is -0.751. The second kappa shape index (κ2) is 7.46. The number of aliphatic hydroxyl groups excluding tert-OH is 1. The molecule has 0 fully saturated rings. The van der Waals surface area contributed by atoms with Gasteiger partial charge in [-0.25, -0.2) is 4.98 Å². The Kier molecular flexibility index (Phi) is 4.85. The van der Waals surface area contributed by atoms with Crippen LogP contribution in [0.5, 0.6) is 17.4 Å². The van der Waals surface area contributed by atoms with Gasteiger partial charge in [0.05, 0.1) is 11.0 Å². The van der Waals surface area contributed by atoms with Crippen LogP contribution in [-0.2, 0) is 0 Å². The van der Waals surface area contributed by atoms with Gasteiger partial charge >= 0.3 is 0 Å². The minimum Gasteiger partial charge on any atom is -0.485 e. The standard InChI is InChI=1S/C20H15ClN2O5/c21-16-4-2-1-3-14(16)19-10-17(24)15-9-13(6-7-18(15)28-19)27-20-8-5-12(11-22-20)23(25)26/h1-9,11,17,19,24H,10H2. The number of nitro groups is 1. The van der Waals surface area contributed by atoms with Gasteiger partial charge in [0.1, 0.15) is 23.8 Å². The van der Waals surface area contributed by atoms with Crippen molar-refractivity contribution in [2.24, 2.45) is 0 Å². The number of fused-ring (bicyclic) bond motifs is 1. The smallest absolute Gasteiger partial charge is 0.287 e. The van der Waals surface area contributed by atoms with Gasteiger partial charge in [-0.05, 0) is 24.3 Å². The number of nitrogens with zero attached hydrogens (tertiary/aromatic N) is 2. The topological polar surface area (TPSA) is 94.7 Å². The zero-order valence-electron chi connectivity index (χ0n) is 14.5. The molecule has 2 unspecified atom stereocenters. The maximum absolute atomic E-state index is 10.7. The fourth-order valence-corrected chi connectivity index (χ4v) is 3.33. The maximum Gasteiger partial charge on any atom is 0.287 e. The van der Waals surface area contributed by atoms with E-state index in [4.69, 9.17) is 21.1 Å². The lowest BCUT2D eigenvalue weighted by molar-refractivity contribution is -0.385. The molecule has 0 amide bonds. The Morgan fingerprint density at radius 3 is 2.71 bits per heavy atom. The molecule has 1 aromatic heterocycles. The number of hydrogen-bond acceptors (Lipinski definition) is 6. The second-order valence-corrected chi connectivity index (χ2v) is 6.70. The highest BCUT2D eigenvalue weighted by Crippen LogP contribution is 2.43. The van der Waals surface area contributed by atoms with Crippen molar-refractivity contribution >= 4 is 17.3 Å².